The maximum atomic E-state index is 13.3. The Morgan fingerprint density at radius 3 is 2.49 bits per heavy atom. The number of benzene rings is 3. The Morgan fingerprint density at radius 2 is 1.76 bits per heavy atom. The van der Waals surface area contributed by atoms with Gasteiger partial charge in [0.05, 0.1) is 17.9 Å². The summed E-state index contributed by atoms with van der Waals surface area (Å²) in [6.45, 7) is 1.79. The zero-order chi connectivity index (χ0) is 28.9. The van der Waals surface area contributed by atoms with Crippen molar-refractivity contribution in [2.45, 2.75) is 42.2 Å². The quantitative estimate of drug-likeness (QED) is 0.166. The summed E-state index contributed by atoms with van der Waals surface area (Å²) in [6.07, 6.45) is 2.47. The summed E-state index contributed by atoms with van der Waals surface area (Å²) < 4.78 is 18.3. The molecule has 0 saturated carbocycles. The van der Waals surface area contributed by atoms with E-state index in [1.165, 1.54) is 60.0 Å². The highest BCUT2D eigenvalue weighted by molar-refractivity contribution is 8.00. The number of halogens is 1. The summed E-state index contributed by atoms with van der Waals surface area (Å²) in [6, 6.07) is 22.8. The molecule has 2 N–H and O–H groups in total. The molecule has 3 aromatic carbocycles. The number of carbonyl (C=O) groups excluding carboxylic acids is 3. The first kappa shape index (κ1) is 28.6. The first-order valence-electron chi connectivity index (χ1n) is 13.2. The predicted octanol–water partition coefficient (Wildman–Crippen LogP) is 7.32. The lowest BCUT2D eigenvalue weighted by molar-refractivity contribution is -0.115. The van der Waals surface area contributed by atoms with E-state index in [2.05, 4.69) is 22.8 Å². The van der Waals surface area contributed by atoms with Crippen LogP contribution in [-0.4, -0.2) is 30.1 Å². The van der Waals surface area contributed by atoms with Gasteiger partial charge in [-0.3, -0.25) is 9.59 Å². The number of nitrogens with one attached hydrogen (secondary N) is 2. The van der Waals surface area contributed by atoms with E-state index in [-0.39, 0.29) is 11.8 Å². The van der Waals surface area contributed by atoms with Gasteiger partial charge in [0.25, 0.3) is 5.91 Å². The lowest BCUT2D eigenvalue weighted by Crippen LogP contribution is -2.23. The Hall–Kier alpha value is -3.95. The molecule has 1 aromatic heterocycles. The summed E-state index contributed by atoms with van der Waals surface area (Å²) in [5, 5.41) is 5.83. The average Bonchev–Trinajstić information content (AvgIpc) is 3.34. The topological polar surface area (TPSA) is 84.5 Å². The molecule has 5 rings (SSSR count). The van der Waals surface area contributed by atoms with E-state index in [0.717, 1.165) is 34.6 Å². The number of anilines is 2. The van der Waals surface area contributed by atoms with Gasteiger partial charge in [0.2, 0.25) is 5.91 Å². The van der Waals surface area contributed by atoms with Crippen LogP contribution in [0.3, 0.4) is 0 Å². The first-order chi connectivity index (χ1) is 19.8. The van der Waals surface area contributed by atoms with Gasteiger partial charge in [-0.15, -0.1) is 23.1 Å². The summed E-state index contributed by atoms with van der Waals surface area (Å²) in [5.74, 6) is -1.09. The van der Waals surface area contributed by atoms with E-state index in [1.807, 2.05) is 24.3 Å². The zero-order valence-electron chi connectivity index (χ0n) is 22.6. The molecule has 210 valence electrons. The zero-order valence-corrected chi connectivity index (χ0v) is 24.2. The molecule has 4 aromatic rings. The Morgan fingerprint density at radius 1 is 1.00 bits per heavy atom. The summed E-state index contributed by atoms with van der Waals surface area (Å²) in [7, 11) is 1.36. The molecule has 2 amide bonds. The van der Waals surface area contributed by atoms with Crippen LogP contribution in [0.5, 0.6) is 0 Å². The van der Waals surface area contributed by atoms with Crippen LogP contribution in [0, 0.1) is 5.82 Å². The Bertz CT molecular complexity index is 1570. The van der Waals surface area contributed by atoms with Crippen LogP contribution in [-0.2, 0) is 22.4 Å². The standard InChI is InChI=1S/C32H29FN2O4S2/c1-19(40-25-10-6-9-24(18-25)34-30(37)21-11-14-23(33)15-12-21)29(36)35-31-28(32(38)39-2)26-16-13-22(17-27(26)41-31)20-7-4-3-5-8-20/h3-12,14-15,18-19,22H,13,16-17H2,1-2H3,(H,34,37)(H,35,36). The lowest BCUT2D eigenvalue weighted by atomic mass is 9.83. The van der Waals surface area contributed by atoms with Crippen molar-refractivity contribution in [3.05, 3.63) is 112 Å². The Balaban J connectivity index is 1.27. The number of ether oxygens (including phenoxy) is 1. The summed E-state index contributed by atoms with van der Waals surface area (Å²) >= 11 is 2.79. The molecule has 1 heterocycles. The molecule has 41 heavy (non-hydrogen) atoms. The van der Waals surface area contributed by atoms with Crippen LogP contribution in [0.15, 0.2) is 83.8 Å². The van der Waals surface area contributed by atoms with Gasteiger partial charge < -0.3 is 15.4 Å². The highest BCUT2D eigenvalue weighted by Gasteiger charge is 2.31. The Labute approximate surface area is 246 Å². The number of hydrogen-bond donors (Lipinski definition) is 2. The van der Waals surface area contributed by atoms with E-state index in [9.17, 15) is 18.8 Å². The van der Waals surface area contributed by atoms with Crippen molar-refractivity contribution in [1.29, 1.82) is 0 Å². The molecule has 0 saturated heterocycles. The van der Waals surface area contributed by atoms with Gasteiger partial charge in [0.1, 0.15) is 10.8 Å². The molecule has 2 atom stereocenters. The molecule has 0 radical (unpaired) electrons. The van der Waals surface area contributed by atoms with Gasteiger partial charge >= 0.3 is 5.97 Å². The summed E-state index contributed by atoms with van der Waals surface area (Å²) in [5.41, 5.74) is 3.60. The number of thioether (sulfide) groups is 1. The van der Waals surface area contributed by atoms with Crippen molar-refractivity contribution >= 4 is 51.6 Å². The fourth-order valence-electron chi connectivity index (χ4n) is 4.92. The first-order valence-corrected chi connectivity index (χ1v) is 14.9. The van der Waals surface area contributed by atoms with E-state index >= 15 is 0 Å². The number of methoxy groups -OCH3 is 1. The number of fused-ring (bicyclic) bond motifs is 1. The number of carbonyl (C=O) groups is 3. The number of esters is 1. The van der Waals surface area contributed by atoms with E-state index in [4.69, 9.17) is 4.74 Å². The molecule has 9 heteroatoms. The third-order valence-electron chi connectivity index (χ3n) is 7.04. The fraction of sp³-hybridized carbons (Fsp3) is 0.219. The van der Waals surface area contributed by atoms with Crippen molar-refractivity contribution in [3.8, 4) is 0 Å². The van der Waals surface area contributed by atoms with Crippen LogP contribution in [0.4, 0.5) is 15.1 Å². The molecule has 2 unspecified atom stereocenters. The van der Waals surface area contributed by atoms with Crippen molar-refractivity contribution in [2.75, 3.05) is 17.7 Å². The highest BCUT2D eigenvalue weighted by atomic mass is 32.2. The maximum absolute atomic E-state index is 13.3. The third kappa shape index (κ3) is 6.69. The third-order valence-corrected chi connectivity index (χ3v) is 9.31. The minimum atomic E-state index is -0.486. The van der Waals surface area contributed by atoms with E-state index in [0.29, 0.717) is 27.7 Å². The number of amides is 2. The van der Waals surface area contributed by atoms with Gasteiger partial charge in [0.15, 0.2) is 0 Å². The van der Waals surface area contributed by atoms with Crippen LogP contribution >= 0.6 is 23.1 Å². The lowest BCUT2D eigenvalue weighted by Gasteiger charge is -2.22. The second-order valence-corrected chi connectivity index (χ2v) is 12.3. The van der Waals surface area contributed by atoms with E-state index < -0.39 is 17.0 Å². The largest absolute Gasteiger partial charge is 0.465 e. The van der Waals surface area contributed by atoms with E-state index in [1.54, 1.807) is 25.1 Å². The Kier molecular flexibility index (Phi) is 8.85. The molecular weight excluding hydrogens is 559 g/mol. The van der Waals surface area contributed by atoms with Crippen LogP contribution in [0.25, 0.3) is 0 Å². The van der Waals surface area contributed by atoms with Crippen molar-refractivity contribution in [1.82, 2.24) is 0 Å². The van der Waals surface area contributed by atoms with Gasteiger partial charge in [0, 0.05) is 21.0 Å². The van der Waals surface area contributed by atoms with Gasteiger partial charge in [-0.05, 0) is 85.7 Å². The highest BCUT2D eigenvalue weighted by Crippen LogP contribution is 2.43. The molecule has 0 fully saturated rings. The molecule has 1 aliphatic rings. The second kappa shape index (κ2) is 12.7. The molecule has 6 nitrogen and oxygen atoms in total. The maximum Gasteiger partial charge on any atom is 0.341 e. The predicted molar refractivity (Wildman–Crippen MR) is 162 cm³/mol. The van der Waals surface area contributed by atoms with Crippen molar-refractivity contribution in [3.63, 3.8) is 0 Å². The molecule has 1 aliphatic carbocycles. The molecule has 0 spiro atoms. The van der Waals surface area contributed by atoms with Gasteiger partial charge in [-0.1, -0.05) is 36.4 Å². The van der Waals surface area contributed by atoms with Crippen LogP contribution in [0.2, 0.25) is 0 Å². The molecule has 0 aliphatic heterocycles. The minimum absolute atomic E-state index is 0.237. The van der Waals surface area contributed by atoms with Gasteiger partial charge in [-0.25, -0.2) is 9.18 Å². The van der Waals surface area contributed by atoms with Crippen LogP contribution < -0.4 is 10.6 Å². The second-order valence-electron chi connectivity index (χ2n) is 9.79. The normalized spacial score (nSPS) is 15.0. The summed E-state index contributed by atoms with van der Waals surface area (Å²) in [4.78, 5) is 40.5. The minimum Gasteiger partial charge on any atom is -0.465 e. The smallest absolute Gasteiger partial charge is 0.341 e. The monoisotopic (exact) mass is 588 g/mol. The number of thiophene rings is 1. The van der Waals surface area contributed by atoms with Crippen molar-refractivity contribution in [2.24, 2.45) is 0 Å². The molecular formula is C32H29FN2O4S2. The molecule has 0 bridgehead atoms. The van der Waals surface area contributed by atoms with Crippen molar-refractivity contribution < 1.29 is 23.5 Å². The number of hydrogen-bond acceptors (Lipinski definition) is 6. The fourth-order valence-corrected chi connectivity index (χ4v) is 7.17. The SMILES string of the molecule is COC(=O)c1c(NC(=O)C(C)Sc2cccc(NC(=O)c3ccc(F)cc3)c2)sc2c1CCC(c1ccccc1)C2. The van der Waals surface area contributed by atoms with Gasteiger partial charge in [-0.2, -0.15) is 0 Å². The average molecular weight is 589 g/mol. The van der Waals surface area contributed by atoms with Crippen LogP contribution in [0.1, 0.15) is 56.0 Å². The number of rotatable bonds is 8.